The topological polar surface area (TPSA) is 68.2 Å². The minimum absolute atomic E-state index is 0. The molecule has 0 amide bonds. The third-order valence-electron chi connectivity index (χ3n) is 6.02. The van der Waals surface area contributed by atoms with E-state index >= 15 is 0 Å². The van der Waals surface area contributed by atoms with Gasteiger partial charge in [0.25, 0.3) is 0 Å². The van der Waals surface area contributed by atoms with Gasteiger partial charge in [0.1, 0.15) is 0 Å². The van der Waals surface area contributed by atoms with E-state index in [4.69, 9.17) is 4.99 Å². The van der Waals surface area contributed by atoms with Gasteiger partial charge in [0.15, 0.2) is 5.96 Å². The molecule has 2 heterocycles. The number of sulfonamides is 1. The monoisotopic (exact) mass is 575 g/mol. The van der Waals surface area contributed by atoms with Gasteiger partial charge < -0.3 is 10.2 Å². The summed E-state index contributed by atoms with van der Waals surface area (Å²) in [5.74, 6) is 1.45. The minimum Gasteiger partial charge on any atom is -0.357 e. The first-order valence-corrected chi connectivity index (χ1v) is 13.2. The lowest BCUT2D eigenvalue weighted by Gasteiger charge is -2.36. The van der Waals surface area contributed by atoms with Crippen LogP contribution in [0.3, 0.4) is 0 Å². The van der Waals surface area contributed by atoms with E-state index in [1.54, 1.807) is 4.31 Å². The standard InChI is InChI=1S/C23H37N5O2S.HI/c1-3-24-23(25-20-22-11-14-28(15-12-22)31(2,29)30)27-18-16-26(17-19-27)13-7-10-21-8-5-4-6-9-21;/h4-10,22H,3,11-20H2,1-2H3,(H,24,25);1H/b10-7+;. The fourth-order valence-electron chi connectivity index (χ4n) is 4.11. The summed E-state index contributed by atoms with van der Waals surface area (Å²) in [5, 5.41) is 3.44. The third-order valence-corrected chi connectivity index (χ3v) is 7.33. The number of nitrogens with one attached hydrogen (secondary N) is 1. The first-order chi connectivity index (χ1) is 15.0. The van der Waals surface area contributed by atoms with Gasteiger partial charge in [-0.05, 0) is 31.2 Å². The smallest absolute Gasteiger partial charge is 0.211 e. The molecule has 1 aromatic rings. The summed E-state index contributed by atoms with van der Waals surface area (Å²) in [4.78, 5) is 9.73. The van der Waals surface area contributed by atoms with Gasteiger partial charge in [-0.3, -0.25) is 9.89 Å². The van der Waals surface area contributed by atoms with Crippen molar-refractivity contribution in [2.45, 2.75) is 19.8 Å². The third kappa shape index (κ3) is 8.64. The van der Waals surface area contributed by atoms with Crippen molar-refractivity contribution in [2.24, 2.45) is 10.9 Å². The molecule has 180 valence electrons. The van der Waals surface area contributed by atoms with Crippen molar-refractivity contribution in [1.82, 2.24) is 19.4 Å². The van der Waals surface area contributed by atoms with E-state index in [1.807, 2.05) is 6.07 Å². The average Bonchev–Trinajstić information content (AvgIpc) is 2.78. The van der Waals surface area contributed by atoms with Crippen LogP contribution in [0.25, 0.3) is 6.08 Å². The fraction of sp³-hybridized carbons (Fsp3) is 0.609. The van der Waals surface area contributed by atoms with Gasteiger partial charge in [-0.25, -0.2) is 12.7 Å². The van der Waals surface area contributed by atoms with Gasteiger partial charge in [-0.15, -0.1) is 24.0 Å². The Hall–Kier alpha value is -1.17. The Balaban J connectivity index is 0.00000363. The number of halogens is 1. The maximum absolute atomic E-state index is 11.7. The fourth-order valence-corrected chi connectivity index (χ4v) is 4.98. The Kier molecular flexibility index (Phi) is 11.4. The highest BCUT2D eigenvalue weighted by molar-refractivity contribution is 14.0. The van der Waals surface area contributed by atoms with Gasteiger partial charge in [-0.2, -0.15) is 0 Å². The molecular weight excluding hydrogens is 537 g/mol. The molecule has 0 aliphatic carbocycles. The molecule has 2 aliphatic heterocycles. The molecule has 0 saturated carbocycles. The number of hydrogen-bond donors (Lipinski definition) is 1. The number of nitrogens with zero attached hydrogens (tertiary/aromatic N) is 4. The van der Waals surface area contributed by atoms with Crippen LogP contribution in [0.2, 0.25) is 0 Å². The lowest BCUT2D eigenvalue weighted by atomic mass is 9.98. The largest absolute Gasteiger partial charge is 0.357 e. The maximum atomic E-state index is 11.7. The summed E-state index contributed by atoms with van der Waals surface area (Å²) < 4.78 is 25.0. The number of hydrogen-bond acceptors (Lipinski definition) is 4. The Morgan fingerprint density at radius 1 is 1.09 bits per heavy atom. The quantitative estimate of drug-likeness (QED) is 0.308. The molecule has 1 aromatic carbocycles. The van der Waals surface area contributed by atoms with Gasteiger partial charge in [0, 0.05) is 58.9 Å². The van der Waals surface area contributed by atoms with Crippen molar-refractivity contribution in [3.63, 3.8) is 0 Å². The van der Waals surface area contributed by atoms with E-state index < -0.39 is 10.0 Å². The molecule has 0 spiro atoms. The van der Waals surface area contributed by atoms with Crippen LogP contribution >= 0.6 is 24.0 Å². The molecule has 7 nitrogen and oxygen atoms in total. The SMILES string of the molecule is CCNC(=NCC1CCN(S(C)(=O)=O)CC1)N1CCN(C/C=C/c2ccccc2)CC1.I. The van der Waals surface area contributed by atoms with Gasteiger partial charge in [-0.1, -0.05) is 42.5 Å². The predicted molar refractivity (Wildman–Crippen MR) is 144 cm³/mol. The first-order valence-electron chi connectivity index (χ1n) is 11.4. The molecule has 2 fully saturated rings. The van der Waals surface area contributed by atoms with Crippen molar-refractivity contribution in [2.75, 3.05) is 65.2 Å². The van der Waals surface area contributed by atoms with Crippen molar-refractivity contribution < 1.29 is 8.42 Å². The Bertz CT molecular complexity index is 831. The zero-order valence-corrected chi connectivity index (χ0v) is 22.5. The van der Waals surface area contributed by atoms with Crippen molar-refractivity contribution in [3.05, 3.63) is 42.0 Å². The maximum Gasteiger partial charge on any atom is 0.211 e. The van der Waals surface area contributed by atoms with Crippen LogP contribution in [0.4, 0.5) is 0 Å². The van der Waals surface area contributed by atoms with Crippen LogP contribution in [0.1, 0.15) is 25.3 Å². The molecule has 9 heteroatoms. The zero-order chi connectivity index (χ0) is 22.1. The first kappa shape index (κ1) is 27.1. The number of rotatable bonds is 7. The molecule has 2 aliphatic rings. The summed E-state index contributed by atoms with van der Waals surface area (Å²) in [6, 6.07) is 10.4. The molecule has 1 N–H and O–H groups in total. The van der Waals surface area contributed by atoms with Gasteiger partial charge in [0.05, 0.1) is 6.26 Å². The van der Waals surface area contributed by atoms with Gasteiger partial charge in [0.2, 0.25) is 10.0 Å². The summed E-state index contributed by atoms with van der Waals surface area (Å²) in [7, 11) is -3.07. The highest BCUT2D eigenvalue weighted by Gasteiger charge is 2.25. The summed E-state index contributed by atoms with van der Waals surface area (Å²) >= 11 is 0. The van der Waals surface area contributed by atoms with Crippen LogP contribution in [-0.4, -0.2) is 93.6 Å². The molecular formula is C23H38IN5O2S. The van der Waals surface area contributed by atoms with E-state index in [1.165, 1.54) is 11.8 Å². The zero-order valence-electron chi connectivity index (χ0n) is 19.3. The highest BCUT2D eigenvalue weighted by Crippen LogP contribution is 2.19. The average molecular weight is 576 g/mol. The second-order valence-corrected chi connectivity index (χ2v) is 10.4. The summed E-state index contributed by atoms with van der Waals surface area (Å²) in [5.41, 5.74) is 1.24. The summed E-state index contributed by atoms with van der Waals surface area (Å²) in [6.07, 6.45) is 7.50. The van der Waals surface area contributed by atoms with Crippen molar-refractivity contribution in [3.8, 4) is 0 Å². The number of piperidine rings is 1. The molecule has 0 atom stereocenters. The van der Waals surface area contributed by atoms with Crippen LogP contribution in [0, 0.1) is 5.92 Å². The highest BCUT2D eigenvalue weighted by atomic mass is 127. The molecule has 0 radical (unpaired) electrons. The van der Waals surface area contributed by atoms with E-state index in [0.717, 1.165) is 64.6 Å². The van der Waals surface area contributed by atoms with E-state index in [2.05, 4.69) is 58.5 Å². The number of piperazine rings is 1. The number of aliphatic imine (C=N–C) groups is 1. The minimum atomic E-state index is -3.07. The molecule has 0 bridgehead atoms. The van der Waals surface area contributed by atoms with Crippen molar-refractivity contribution >= 4 is 46.0 Å². The lowest BCUT2D eigenvalue weighted by molar-refractivity contribution is 0.194. The van der Waals surface area contributed by atoms with Crippen molar-refractivity contribution in [1.29, 1.82) is 0 Å². The number of benzene rings is 1. The van der Waals surface area contributed by atoms with E-state index in [-0.39, 0.29) is 24.0 Å². The molecule has 0 aromatic heterocycles. The lowest BCUT2D eigenvalue weighted by Crippen LogP contribution is -2.52. The molecule has 0 unspecified atom stereocenters. The summed E-state index contributed by atoms with van der Waals surface area (Å²) in [6.45, 7) is 9.91. The number of guanidine groups is 1. The van der Waals surface area contributed by atoms with Crippen LogP contribution in [0.5, 0.6) is 0 Å². The predicted octanol–water partition coefficient (Wildman–Crippen LogP) is 2.57. The van der Waals surface area contributed by atoms with Crippen LogP contribution in [0.15, 0.2) is 41.4 Å². The van der Waals surface area contributed by atoms with Gasteiger partial charge >= 0.3 is 0 Å². The Labute approximate surface area is 211 Å². The van der Waals surface area contributed by atoms with Crippen LogP contribution < -0.4 is 5.32 Å². The Morgan fingerprint density at radius 3 is 2.34 bits per heavy atom. The second kappa shape index (κ2) is 13.5. The normalized spacial score (nSPS) is 19.8. The molecule has 2 saturated heterocycles. The van der Waals surface area contributed by atoms with Crippen LogP contribution in [-0.2, 0) is 10.0 Å². The molecule has 32 heavy (non-hydrogen) atoms. The van der Waals surface area contributed by atoms with E-state index in [0.29, 0.717) is 19.0 Å². The Morgan fingerprint density at radius 2 is 1.75 bits per heavy atom. The molecule has 3 rings (SSSR count). The second-order valence-electron chi connectivity index (χ2n) is 8.40. The van der Waals surface area contributed by atoms with E-state index in [9.17, 15) is 8.42 Å².